The number of rotatable bonds is 0. The molecule has 1 aliphatic carbocycles. The molecule has 0 saturated heterocycles. The van der Waals surface area contributed by atoms with Gasteiger partial charge < -0.3 is 11.1 Å². The van der Waals surface area contributed by atoms with Gasteiger partial charge in [-0.25, -0.2) is 0 Å². The molecule has 3 rings (SSSR count). The number of nitrogen functional groups attached to an aromatic ring is 1. The maximum absolute atomic E-state index is 6.10. The molecule has 0 bridgehead atoms. The van der Waals surface area contributed by atoms with Crippen molar-refractivity contribution < 1.29 is 0 Å². The number of benzene rings is 1. The smallest absolute Gasteiger partial charge is 0.0356 e. The fourth-order valence-corrected chi connectivity index (χ4v) is 2.97. The number of anilines is 1. The quantitative estimate of drug-likeness (QED) is 0.609. The lowest BCUT2D eigenvalue weighted by atomic mass is 9.61. The zero-order valence-corrected chi connectivity index (χ0v) is 8.34. The Morgan fingerprint density at radius 1 is 1.29 bits per heavy atom. The summed E-state index contributed by atoms with van der Waals surface area (Å²) in [6, 6.07) is 6.32. The minimum absolute atomic E-state index is 0.388. The SMILES string of the molecule is Nc1cccc2c1C1(CCC1)CNC2. The monoisotopic (exact) mass is 188 g/mol. The maximum atomic E-state index is 6.10. The van der Waals surface area contributed by atoms with E-state index < -0.39 is 0 Å². The summed E-state index contributed by atoms with van der Waals surface area (Å²) in [6.45, 7) is 2.11. The average Bonchev–Trinajstić information content (AvgIpc) is 2.15. The van der Waals surface area contributed by atoms with Crippen LogP contribution in [0.4, 0.5) is 5.69 Å². The molecule has 3 N–H and O–H groups in total. The summed E-state index contributed by atoms with van der Waals surface area (Å²) in [7, 11) is 0. The number of fused-ring (bicyclic) bond motifs is 2. The molecule has 1 fully saturated rings. The van der Waals surface area contributed by atoms with Crippen LogP contribution in [-0.4, -0.2) is 6.54 Å². The Morgan fingerprint density at radius 2 is 2.14 bits per heavy atom. The van der Waals surface area contributed by atoms with Crippen LogP contribution in [0.3, 0.4) is 0 Å². The van der Waals surface area contributed by atoms with Gasteiger partial charge in [0.1, 0.15) is 0 Å². The van der Waals surface area contributed by atoms with Crippen LogP contribution in [0.1, 0.15) is 30.4 Å². The average molecular weight is 188 g/mol. The molecule has 0 atom stereocenters. The fourth-order valence-electron chi connectivity index (χ4n) is 2.97. The van der Waals surface area contributed by atoms with Crippen molar-refractivity contribution in [1.29, 1.82) is 0 Å². The first-order chi connectivity index (χ1) is 6.82. The van der Waals surface area contributed by atoms with E-state index in [4.69, 9.17) is 5.73 Å². The van der Waals surface area contributed by atoms with Crippen molar-refractivity contribution in [3.8, 4) is 0 Å². The van der Waals surface area contributed by atoms with Gasteiger partial charge in [0.25, 0.3) is 0 Å². The van der Waals surface area contributed by atoms with E-state index in [1.807, 2.05) is 6.07 Å². The summed E-state index contributed by atoms with van der Waals surface area (Å²) in [5.41, 5.74) is 10.4. The molecule has 0 amide bonds. The predicted molar refractivity (Wildman–Crippen MR) is 58.1 cm³/mol. The molecule has 1 spiro atoms. The lowest BCUT2D eigenvalue weighted by Crippen LogP contribution is -2.48. The Balaban J connectivity index is 2.17. The number of nitrogens with one attached hydrogen (secondary N) is 1. The van der Waals surface area contributed by atoms with Crippen molar-refractivity contribution >= 4 is 5.69 Å². The topological polar surface area (TPSA) is 38.0 Å². The fraction of sp³-hybridized carbons (Fsp3) is 0.500. The zero-order chi connectivity index (χ0) is 9.60. The van der Waals surface area contributed by atoms with Crippen molar-refractivity contribution in [2.45, 2.75) is 31.2 Å². The van der Waals surface area contributed by atoms with Crippen molar-refractivity contribution in [2.24, 2.45) is 0 Å². The van der Waals surface area contributed by atoms with Crippen LogP contribution in [0.15, 0.2) is 18.2 Å². The second kappa shape index (κ2) is 2.74. The normalized spacial score (nSPS) is 22.9. The molecule has 1 heterocycles. The predicted octanol–water partition coefficient (Wildman–Crippen LogP) is 1.79. The summed E-state index contributed by atoms with van der Waals surface area (Å²) >= 11 is 0. The van der Waals surface area contributed by atoms with E-state index in [-0.39, 0.29) is 0 Å². The van der Waals surface area contributed by atoms with E-state index in [1.54, 1.807) is 0 Å². The molecular formula is C12H16N2. The molecule has 2 nitrogen and oxygen atoms in total. The van der Waals surface area contributed by atoms with Gasteiger partial charge in [-0.2, -0.15) is 0 Å². The van der Waals surface area contributed by atoms with Crippen LogP contribution >= 0.6 is 0 Å². The lowest BCUT2D eigenvalue weighted by molar-refractivity contribution is 0.220. The minimum atomic E-state index is 0.388. The summed E-state index contributed by atoms with van der Waals surface area (Å²) in [4.78, 5) is 0. The van der Waals surface area contributed by atoms with Crippen LogP contribution in [-0.2, 0) is 12.0 Å². The molecule has 2 heteroatoms. The first kappa shape index (κ1) is 8.30. The first-order valence-corrected chi connectivity index (χ1v) is 5.40. The van der Waals surface area contributed by atoms with Gasteiger partial charge in [-0.15, -0.1) is 0 Å². The molecular weight excluding hydrogens is 172 g/mol. The third-order valence-corrected chi connectivity index (χ3v) is 3.80. The standard InChI is InChI=1S/C12H16N2/c13-10-4-1-3-9-7-14-8-12(11(9)10)5-2-6-12/h1,3-4,14H,2,5-8,13H2. The van der Waals surface area contributed by atoms with Crippen LogP contribution in [0.5, 0.6) is 0 Å². The van der Waals surface area contributed by atoms with E-state index in [0.29, 0.717) is 5.41 Å². The minimum Gasteiger partial charge on any atom is -0.398 e. The van der Waals surface area contributed by atoms with Gasteiger partial charge >= 0.3 is 0 Å². The highest BCUT2D eigenvalue weighted by atomic mass is 14.9. The molecule has 0 unspecified atom stereocenters. The molecule has 1 aromatic carbocycles. The highest BCUT2D eigenvalue weighted by Crippen LogP contribution is 2.48. The van der Waals surface area contributed by atoms with Gasteiger partial charge in [-0.3, -0.25) is 0 Å². The Morgan fingerprint density at radius 3 is 2.86 bits per heavy atom. The van der Waals surface area contributed by atoms with Crippen molar-refractivity contribution in [2.75, 3.05) is 12.3 Å². The highest BCUT2D eigenvalue weighted by Gasteiger charge is 2.42. The zero-order valence-electron chi connectivity index (χ0n) is 8.34. The van der Waals surface area contributed by atoms with Gasteiger partial charge in [-0.05, 0) is 30.0 Å². The molecule has 1 saturated carbocycles. The summed E-state index contributed by atoms with van der Waals surface area (Å²) < 4.78 is 0. The lowest BCUT2D eigenvalue weighted by Gasteiger charge is -2.47. The van der Waals surface area contributed by atoms with Gasteiger partial charge in [0.15, 0.2) is 0 Å². The summed E-state index contributed by atoms with van der Waals surface area (Å²) in [5, 5.41) is 3.51. The molecule has 1 aromatic rings. The van der Waals surface area contributed by atoms with Crippen LogP contribution < -0.4 is 11.1 Å². The second-order valence-corrected chi connectivity index (χ2v) is 4.62. The van der Waals surface area contributed by atoms with Gasteiger partial charge in [0.2, 0.25) is 0 Å². The van der Waals surface area contributed by atoms with Crippen molar-refractivity contribution in [3.63, 3.8) is 0 Å². The van der Waals surface area contributed by atoms with Crippen LogP contribution in [0.2, 0.25) is 0 Å². The first-order valence-electron chi connectivity index (χ1n) is 5.40. The Labute approximate surface area is 84.5 Å². The third-order valence-electron chi connectivity index (χ3n) is 3.80. The summed E-state index contributed by atoms with van der Waals surface area (Å²) in [5.74, 6) is 0. The summed E-state index contributed by atoms with van der Waals surface area (Å²) in [6.07, 6.45) is 3.97. The Hall–Kier alpha value is -1.02. The van der Waals surface area contributed by atoms with Crippen molar-refractivity contribution in [1.82, 2.24) is 5.32 Å². The van der Waals surface area contributed by atoms with E-state index in [0.717, 1.165) is 18.8 Å². The largest absolute Gasteiger partial charge is 0.398 e. The van der Waals surface area contributed by atoms with E-state index in [9.17, 15) is 0 Å². The molecule has 0 radical (unpaired) electrons. The van der Waals surface area contributed by atoms with Gasteiger partial charge in [-0.1, -0.05) is 18.6 Å². The highest BCUT2D eigenvalue weighted by molar-refractivity contribution is 5.57. The molecule has 1 aliphatic heterocycles. The van der Waals surface area contributed by atoms with E-state index >= 15 is 0 Å². The maximum Gasteiger partial charge on any atom is 0.0356 e. The van der Waals surface area contributed by atoms with Gasteiger partial charge in [0.05, 0.1) is 0 Å². The van der Waals surface area contributed by atoms with Crippen LogP contribution in [0.25, 0.3) is 0 Å². The number of hydrogen-bond acceptors (Lipinski definition) is 2. The third kappa shape index (κ3) is 0.947. The molecule has 2 aliphatic rings. The van der Waals surface area contributed by atoms with E-state index in [2.05, 4.69) is 17.4 Å². The van der Waals surface area contributed by atoms with Crippen molar-refractivity contribution in [3.05, 3.63) is 29.3 Å². The Kier molecular flexibility index (Phi) is 1.62. The molecule has 14 heavy (non-hydrogen) atoms. The number of nitrogens with two attached hydrogens (primary N) is 1. The molecule has 74 valence electrons. The van der Waals surface area contributed by atoms with Gasteiger partial charge in [0, 0.05) is 24.2 Å². The second-order valence-electron chi connectivity index (χ2n) is 4.62. The number of hydrogen-bond donors (Lipinski definition) is 2. The van der Waals surface area contributed by atoms with Crippen LogP contribution in [0, 0.1) is 0 Å². The van der Waals surface area contributed by atoms with E-state index in [1.165, 1.54) is 30.4 Å². The molecule has 0 aromatic heterocycles. The Bertz CT molecular complexity index is 367.